The van der Waals surface area contributed by atoms with Crippen LogP contribution in [0.2, 0.25) is 0 Å². The SMILES string of the molecule is CCOC(=O)c1[nH]c(C)c(C(=O)OC(C)C(=O)Nc2ccc(F)c(F)c2F)c1C. The van der Waals surface area contributed by atoms with Gasteiger partial charge in [-0.1, -0.05) is 0 Å². The van der Waals surface area contributed by atoms with Gasteiger partial charge in [-0.3, -0.25) is 4.79 Å². The summed E-state index contributed by atoms with van der Waals surface area (Å²) >= 11 is 0. The Kier molecular flexibility index (Phi) is 6.68. The molecule has 0 saturated heterocycles. The van der Waals surface area contributed by atoms with Gasteiger partial charge >= 0.3 is 11.9 Å². The largest absolute Gasteiger partial charge is 0.461 e. The predicted molar refractivity (Wildman–Crippen MR) is 96.0 cm³/mol. The quantitative estimate of drug-likeness (QED) is 0.560. The lowest BCUT2D eigenvalue weighted by Gasteiger charge is -2.14. The van der Waals surface area contributed by atoms with Crippen LogP contribution in [0.3, 0.4) is 0 Å². The monoisotopic (exact) mass is 412 g/mol. The van der Waals surface area contributed by atoms with E-state index < -0.39 is 47.1 Å². The maximum atomic E-state index is 13.7. The number of halogens is 3. The van der Waals surface area contributed by atoms with E-state index in [0.717, 1.165) is 6.07 Å². The summed E-state index contributed by atoms with van der Waals surface area (Å²) < 4.78 is 49.9. The molecule has 10 heteroatoms. The van der Waals surface area contributed by atoms with E-state index in [-0.39, 0.29) is 23.4 Å². The molecule has 2 N–H and O–H groups in total. The van der Waals surface area contributed by atoms with Crippen LogP contribution >= 0.6 is 0 Å². The number of hydrogen-bond acceptors (Lipinski definition) is 5. The van der Waals surface area contributed by atoms with Crippen LogP contribution in [0.4, 0.5) is 18.9 Å². The molecule has 1 amide bonds. The number of ether oxygens (including phenoxy) is 2. The fraction of sp³-hybridized carbons (Fsp3) is 0.316. The number of rotatable bonds is 6. The molecule has 1 heterocycles. The van der Waals surface area contributed by atoms with E-state index in [9.17, 15) is 27.6 Å². The number of aryl methyl sites for hydroxylation is 1. The molecular weight excluding hydrogens is 393 g/mol. The maximum Gasteiger partial charge on any atom is 0.355 e. The summed E-state index contributed by atoms with van der Waals surface area (Å²) in [5, 5.41) is 2.02. The number of H-pyrrole nitrogens is 1. The van der Waals surface area contributed by atoms with Gasteiger partial charge in [-0.25, -0.2) is 22.8 Å². The molecule has 1 aromatic carbocycles. The molecule has 1 atom stereocenters. The van der Waals surface area contributed by atoms with Crippen molar-refractivity contribution in [2.45, 2.75) is 33.8 Å². The molecule has 0 saturated carbocycles. The van der Waals surface area contributed by atoms with Gasteiger partial charge in [-0.15, -0.1) is 0 Å². The number of anilines is 1. The van der Waals surface area contributed by atoms with Crippen molar-refractivity contribution >= 4 is 23.5 Å². The van der Waals surface area contributed by atoms with Gasteiger partial charge in [-0.2, -0.15) is 0 Å². The Hall–Kier alpha value is -3.30. The highest BCUT2D eigenvalue weighted by Gasteiger charge is 2.27. The van der Waals surface area contributed by atoms with E-state index in [1.807, 2.05) is 5.32 Å². The summed E-state index contributed by atoms with van der Waals surface area (Å²) in [6.45, 7) is 6.04. The van der Waals surface area contributed by atoms with Crippen molar-refractivity contribution in [3.63, 3.8) is 0 Å². The third kappa shape index (κ3) is 4.58. The number of aromatic amines is 1. The smallest absolute Gasteiger partial charge is 0.355 e. The molecule has 0 bridgehead atoms. The molecule has 0 aliphatic heterocycles. The van der Waals surface area contributed by atoms with Gasteiger partial charge in [0.2, 0.25) is 0 Å². The first kappa shape index (κ1) is 22.0. The first-order valence-electron chi connectivity index (χ1n) is 8.60. The van der Waals surface area contributed by atoms with Gasteiger partial charge in [0.25, 0.3) is 5.91 Å². The molecule has 0 radical (unpaired) electrons. The fourth-order valence-electron chi connectivity index (χ4n) is 2.59. The maximum absolute atomic E-state index is 13.7. The average Bonchev–Trinajstić information content (AvgIpc) is 2.96. The summed E-state index contributed by atoms with van der Waals surface area (Å²) in [6.07, 6.45) is -1.39. The minimum Gasteiger partial charge on any atom is -0.461 e. The zero-order valence-electron chi connectivity index (χ0n) is 16.1. The van der Waals surface area contributed by atoms with Crippen molar-refractivity contribution in [1.29, 1.82) is 0 Å². The van der Waals surface area contributed by atoms with Gasteiger partial charge in [0, 0.05) is 5.69 Å². The number of carbonyl (C=O) groups excluding carboxylic acids is 3. The van der Waals surface area contributed by atoms with Crippen LogP contribution in [0.5, 0.6) is 0 Å². The Morgan fingerprint density at radius 1 is 1.10 bits per heavy atom. The van der Waals surface area contributed by atoms with E-state index in [4.69, 9.17) is 9.47 Å². The molecule has 2 aromatic rings. The van der Waals surface area contributed by atoms with Crippen molar-refractivity contribution in [3.05, 3.63) is 52.1 Å². The molecule has 7 nitrogen and oxygen atoms in total. The zero-order chi connectivity index (χ0) is 21.9. The second-order valence-corrected chi connectivity index (χ2v) is 6.11. The highest BCUT2D eigenvalue weighted by Crippen LogP contribution is 2.22. The van der Waals surface area contributed by atoms with E-state index in [0.29, 0.717) is 11.8 Å². The Bertz CT molecular complexity index is 971. The first-order valence-corrected chi connectivity index (χ1v) is 8.60. The Balaban J connectivity index is 2.14. The van der Waals surface area contributed by atoms with Gasteiger partial charge in [0.05, 0.1) is 17.9 Å². The molecule has 156 valence electrons. The van der Waals surface area contributed by atoms with Crippen molar-refractivity contribution in [1.82, 2.24) is 4.98 Å². The lowest BCUT2D eigenvalue weighted by Crippen LogP contribution is -2.30. The highest BCUT2D eigenvalue weighted by atomic mass is 19.2. The summed E-state index contributed by atoms with van der Waals surface area (Å²) in [6, 6.07) is 1.49. The number of amides is 1. The van der Waals surface area contributed by atoms with Gasteiger partial charge in [0.1, 0.15) is 5.69 Å². The molecular formula is C19H19F3N2O5. The van der Waals surface area contributed by atoms with Crippen LogP contribution in [0.1, 0.15) is 46.0 Å². The summed E-state index contributed by atoms with van der Waals surface area (Å²) in [5.41, 5.74) is 0.138. The van der Waals surface area contributed by atoms with E-state index in [1.54, 1.807) is 6.92 Å². The van der Waals surface area contributed by atoms with Crippen molar-refractivity contribution in [2.75, 3.05) is 11.9 Å². The first-order chi connectivity index (χ1) is 13.6. The van der Waals surface area contributed by atoms with Crippen molar-refractivity contribution in [3.8, 4) is 0 Å². The van der Waals surface area contributed by atoms with Gasteiger partial charge < -0.3 is 19.8 Å². The summed E-state index contributed by atoms with van der Waals surface area (Å²) in [7, 11) is 0. The molecule has 1 unspecified atom stereocenters. The topological polar surface area (TPSA) is 97.5 Å². The second-order valence-electron chi connectivity index (χ2n) is 6.11. The lowest BCUT2D eigenvalue weighted by atomic mass is 10.1. The average molecular weight is 412 g/mol. The Labute approximate surface area is 164 Å². The number of carbonyl (C=O) groups is 3. The second kappa shape index (κ2) is 8.80. The molecule has 1 aromatic heterocycles. The van der Waals surface area contributed by atoms with E-state index >= 15 is 0 Å². The third-order valence-corrected chi connectivity index (χ3v) is 4.07. The van der Waals surface area contributed by atoms with E-state index in [2.05, 4.69) is 4.98 Å². The van der Waals surface area contributed by atoms with Crippen LogP contribution in [0.25, 0.3) is 0 Å². The third-order valence-electron chi connectivity index (χ3n) is 4.07. The lowest BCUT2D eigenvalue weighted by molar-refractivity contribution is -0.123. The summed E-state index contributed by atoms with van der Waals surface area (Å²) in [4.78, 5) is 39.2. The molecule has 0 spiro atoms. The molecule has 0 aliphatic carbocycles. The number of hydrogen-bond donors (Lipinski definition) is 2. The summed E-state index contributed by atoms with van der Waals surface area (Å²) in [5.74, 6) is -7.23. The standard InChI is InChI=1S/C19H19F3N2O5/c1-5-28-19(27)16-8(2)13(9(3)23-16)18(26)29-10(4)17(25)24-12-7-6-11(20)14(21)15(12)22/h6-7,10,23H,5H2,1-4H3,(H,24,25). The van der Waals surface area contributed by atoms with Crippen molar-refractivity contribution < 1.29 is 37.0 Å². The van der Waals surface area contributed by atoms with Crippen LogP contribution in [0.15, 0.2) is 12.1 Å². The number of benzene rings is 1. The zero-order valence-corrected chi connectivity index (χ0v) is 16.1. The molecule has 0 fully saturated rings. The molecule has 0 aliphatic rings. The highest BCUT2D eigenvalue weighted by molar-refractivity contribution is 6.01. The Morgan fingerprint density at radius 2 is 1.76 bits per heavy atom. The fourth-order valence-corrected chi connectivity index (χ4v) is 2.59. The van der Waals surface area contributed by atoms with Crippen LogP contribution in [-0.2, 0) is 14.3 Å². The minimum absolute atomic E-state index is 0.0479. The predicted octanol–water partition coefficient (Wildman–Crippen LogP) is 3.41. The Morgan fingerprint density at radius 3 is 2.38 bits per heavy atom. The minimum atomic E-state index is -1.74. The van der Waals surface area contributed by atoms with E-state index in [1.165, 1.54) is 20.8 Å². The van der Waals surface area contributed by atoms with Gasteiger partial charge in [0.15, 0.2) is 23.6 Å². The number of esters is 2. The molecule has 2 rings (SSSR count). The van der Waals surface area contributed by atoms with Crippen LogP contribution in [0, 0.1) is 31.3 Å². The number of nitrogens with one attached hydrogen (secondary N) is 2. The van der Waals surface area contributed by atoms with Crippen LogP contribution in [-0.4, -0.2) is 35.5 Å². The normalized spacial score (nSPS) is 11.7. The molecule has 29 heavy (non-hydrogen) atoms. The number of aromatic nitrogens is 1. The van der Waals surface area contributed by atoms with Gasteiger partial charge in [-0.05, 0) is 45.4 Å². The van der Waals surface area contributed by atoms with Crippen molar-refractivity contribution in [2.24, 2.45) is 0 Å². The van der Waals surface area contributed by atoms with Crippen LogP contribution < -0.4 is 5.32 Å².